The molecule has 0 saturated carbocycles. The first-order chi connectivity index (χ1) is 13.5. The molecule has 2 aromatic rings. The van der Waals surface area contributed by atoms with Gasteiger partial charge in [0.1, 0.15) is 5.56 Å². The number of carboxylic acid groups (broad SMARTS) is 1. The molecule has 1 aromatic carbocycles. The summed E-state index contributed by atoms with van der Waals surface area (Å²) >= 11 is 2.54. The van der Waals surface area contributed by atoms with Crippen LogP contribution in [-0.2, 0) is 4.79 Å². The van der Waals surface area contributed by atoms with Gasteiger partial charge in [-0.25, -0.2) is 9.78 Å². The fraction of sp³-hybridized carbons (Fsp3) is 0.222. The van der Waals surface area contributed by atoms with E-state index in [1.54, 1.807) is 23.7 Å². The number of thiazole rings is 1. The number of likely N-dealkylation sites (N-methyl/N-ethyl adjacent to an activating group) is 1. The molecule has 0 radical (unpaired) electrons. The van der Waals surface area contributed by atoms with Gasteiger partial charge in [-0.05, 0) is 36.4 Å². The molecule has 2 heterocycles. The lowest BCUT2D eigenvalue weighted by Gasteiger charge is -2.13. The molecule has 0 unspecified atom stereocenters. The first kappa shape index (κ1) is 19.9. The largest absolute Gasteiger partial charge is 0.493 e. The monoisotopic (exact) mass is 419 g/mol. The molecule has 10 heteroatoms. The Labute approximate surface area is 169 Å². The van der Waals surface area contributed by atoms with E-state index in [-0.39, 0.29) is 17.2 Å². The van der Waals surface area contributed by atoms with Crippen LogP contribution in [0.15, 0.2) is 33.6 Å². The Balaban J connectivity index is 2.06. The molecule has 1 amide bonds. The molecule has 3 rings (SSSR count). The average molecular weight is 419 g/mol. The van der Waals surface area contributed by atoms with Crippen LogP contribution in [-0.4, -0.2) is 52.8 Å². The Hall–Kier alpha value is -2.85. The summed E-state index contributed by atoms with van der Waals surface area (Å²) in [6.45, 7) is 2.28. The van der Waals surface area contributed by atoms with Crippen molar-refractivity contribution < 1.29 is 24.2 Å². The van der Waals surface area contributed by atoms with Crippen molar-refractivity contribution in [2.45, 2.75) is 6.92 Å². The second-order valence-corrected chi connectivity index (χ2v) is 7.32. The molecule has 0 atom stereocenters. The van der Waals surface area contributed by atoms with Crippen LogP contribution in [0.25, 0.3) is 6.08 Å². The van der Waals surface area contributed by atoms with Gasteiger partial charge in [0.25, 0.3) is 5.91 Å². The molecule has 0 spiro atoms. The van der Waals surface area contributed by atoms with Gasteiger partial charge in [0.05, 0.1) is 19.1 Å². The maximum absolute atomic E-state index is 12.8. The molecule has 1 aromatic heterocycles. The van der Waals surface area contributed by atoms with Crippen LogP contribution in [0.5, 0.6) is 11.5 Å². The lowest BCUT2D eigenvalue weighted by atomic mass is 10.0. The summed E-state index contributed by atoms with van der Waals surface area (Å²) in [7, 11) is 2.80. The molecule has 1 N–H and O–H groups in total. The van der Waals surface area contributed by atoms with E-state index in [1.807, 2.05) is 6.92 Å². The zero-order valence-corrected chi connectivity index (χ0v) is 17.0. The molecular formula is C18H17N3O5S2. The van der Waals surface area contributed by atoms with Gasteiger partial charge in [0.15, 0.2) is 16.7 Å². The Morgan fingerprint density at radius 1 is 1.36 bits per heavy atom. The van der Waals surface area contributed by atoms with Gasteiger partial charge in [0, 0.05) is 18.1 Å². The number of aromatic carboxylic acids is 1. The predicted molar refractivity (Wildman–Crippen MR) is 109 cm³/mol. The average Bonchev–Trinajstić information content (AvgIpc) is 3.29. The fourth-order valence-electron chi connectivity index (χ4n) is 2.65. The predicted octanol–water partition coefficient (Wildman–Crippen LogP) is 3.48. The topological polar surface area (TPSA) is 101 Å². The summed E-state index contributed by atoms with van der Waals surface area (Å²) < 4.78 is 10.4. The number of carbonyl (C=O) groups is 2. The number of amides is 1. The van der Waals surface area contributed by atoms with Crippen LogP contribution in [0.1, 0.15) is 22.8 Å². The summed E-state index contributed by atoms with van der Waals surface area (Å²) in [4.78, 5) is 35.0. The van der Waals surface area contributed by atoms with Gasteiger partial charge in [-0.15, -0.1) is 11.3 Å². The van der Waals surface area contributed by atoms with E-state index in [1.165, 1.54) is 48.3 Å². The lowest BCUT2D eigenvalue weighted by Crippen LogP contribution is -2.28. The van der Waals surface area contributed by atoms with E-state index in [2.05, 4.69) is 9.98 Å². The van der Waals surface area contributed by atoms with Gasteiger partial charge < -0.3 is 14.6 Å². The highest BCUT2D eigenvalue weighted by Crippen LogP contribution is 2.38. The van der Waals surface area contributed by atoms with E-state index >= 15 is 0 Å². The van der Waals surface area contributed by atoms with Crippen LogP contribution in [0.3, 0.4) is 0 Å². The third kappa shape index (κ3) is 3.73. The second kappa shape index (κ2) is 8.44. The normalized spacial score (nSPS) is 16.8. The quantitative estimate of drug-likeness (QED) is 0.715. The van der Waals surface area contributed by atoms with Crippen molar-refractivity contribution in [3.63, 3.8) is 0 Å². The molecule has 1 aliphatic rings. The highest BCUT2D eigenvalue weighted by atomic mass is 32.2. The number of aromatic nitrogens is 1. The second-order valence-electron chi connectivity index (χ2n) is 5.44. The number of carbonyl (C=O) groups excluding carboxylic acids is 1. The summed E-state index contributed by atoms with van der Waals surface area (Å²) in [6, 6.07) is 3.18. The van der Waals surface area contributed by atoms with E-state index in [4.69, 9.17) is 9.47 Å². The zero-order chi connectivity index (χ0) is 20.3. The standard InChI is InChI=1S/C18H17N3O5S2/c1-4-21-15(22)12(28-18(21)20-17-19-7-8-27-17)9-10-5-6-11(25-2)14(26-3)13(10)16(23)24/h5-9H,4H2,1-3H3,(H,23,24)/b12-9+,20-18+. The number of ether oxygens (including phenoxy) is 2. The maximum atomic E-state index is 12.8. The van der Waals surface area contributed by atoms with Gasteiger partial charge in [0.2, 0.25) is 5.13 Å². The number of hydrogen-bond donors (Lipinski definition) is 1. The summed E-state index contributed by atoms with van der Waals surface area (Å²) in [5, 5.41) is 12.5. The Morgan fingerprint density at radius 3 is 2.71 bits per heavy atom. The number of thioether (sulfide) groups is 1. The van der Waals surface area contributed by atoms with Crippen LogP contribution < -0.4 is 9.47 Å². The molecule has 0 aliphatic carbocycles. The first-order valence-corrected chi connectivity index (χ1v) is 9.87. The summed E-state index contributed by atoms with van der Waals surface area (Å²) in [6.07, 6.45) is 3.17. The number of rotatable bonds is 6. The first-order valence-electron chi connectivity index (χ1n) is 8.18. The van der Waals surface area contributed by atoms with Crippen LogP contribution in [0, 0.1) is 0 Å². The fourth-order valence-corrected chi connectivity index (χ4v) is 4.24. The Kier molecular flexibility index (Phi) is 6.00. The van der Waals surface area contributed by atoms with E-state index in [9.17, 15) is 14.7 Å². The number of aliphatic imine (C=N–C) groups is 1. The number of amidine groups is 1. The van der Waals surface area contributed by atoms with Crippen molar-refractivity contribution in [2.24, 2.45) is 4.99 Å². The number of carboxylic acids is 1. The molecule has 1 fully saturated rings. The van der Waals surface area contributed by atoms with Gasteiger partial charge in [-0.3, -0.25) is 9.69 Å². The minimum Gasteiger partial charge on any atom is -0.493 e. The lowest BCUT2D eigenvalue weighted by molar-refractivity contribution is -0.122. The number of methoxy groups -OCH3 is 2. The minimum absolute atomic E-state index is 0.0730. The molecular weight excluding hydrogens is 402 g/mol. The van der Waals surface area contributed by atoms with Crippen molar-refractivity contribution in [2.75, 3.05) is 20.8 Å². The van der Waals surface area contributed by atoms with Crippen molar-refractivity contribution in [1.29, 1.82) is 0 Å². The molecule has 8 nitrogen and oxygen atoms in total. The maximum Gasteiger partial charge on any atom is 0.340 e. The zero-order valence-electron chi connectivity index (χ0n) is 15.3. The van der Waals surface area contributed by atoms with E-state index in [0.717, 1.165) is 0 Å². The van der Waals surface area contributed by atoms with Gasteiger partial charge in [-0.1, -0.05) is 6.07 Å². The number of hydrogen-bond acceptors (Lipinski definition) is 8. The third-order valence-corrected chi connectivity index (χ3v) is 5.57. The van der Waals surface area contributed by atoms with Crippen LogP contribution in [0.2, 0.25) is 0 Å². The Bertz CT molecular complexity index is 970. The van der Waals surface area contributed by atoms with Crippen molar-refractivity contribution in [3.8, 4) is 11.5 Å². The smallest absolute Gasteiger partial charge is 0.340 e. The highest BCUT2D eigenvalue weighted by molar-refractivity contribution is 8.18. The molecule has 146 valence electrons. The number of nitrogens with zero attached hydrogens (tertiary/aromatic N) is 3. The van der Waals surface area contributed by atoms with Gasteiger partial charge in [-0.2, -0.15) is 4.99 Å². The van der Waals surface area contributed by atoms with E-state index < -0.39 is 5.97 Å². The SMILES string of the molecule is CCN1C(=O)/C(=C\c2ccc(OC)c(OC)c2C(=O)O)S/C1=N/c1nccs1. The van der Waals surface area contributed by atoms with Crippen LogP contribution in [0.4, 0.5) is 5.13 Å². The molecule has 1 saturated heterocycles. The minimum atomic E-state index is -1.18. The van der Waals surface area contributed by atoms with Crippen LogP contribution >= 0.6 is 23.1 Å². The third-order valence-electron chi connectivity index (χ3n) is 3.89. The number of benzene rings is 1. The summed E-state index contributed by atoms with van der Waals surface area (Å²) in [5.41, 5.74) is 0.267. The van der Waals surface area contributed by atoms with Crippen molar-refractivity contribution in [3.05, 3.63) is 39.7 Å². The Morgan fingerprint density at radius 2 is 2.14 bits per heavy atom. The molecule has 0 bridgehead atoms. The van der Waals surface area contributed by atoms with Gasteiger partial charge >= 0.3 is 5.97 Å². The highest BCUT2D eigenvalue weighted by Gasteiger charge is 2.33. The summed E-state index contributed by atoms with van der Waals surface area (Å²) in [5.74, 6) is -1.02. The molecule has 1 aliphatic heterocycles. The molecule has 28 heavy (non-hydrogen) atoms. The van der Waals surface area contributed by atoms with Crippen molar-refractivity contribution in [1.82, 2.24) is 9.88 Å². The van der Waals surface area contributed by atoms with Crippen molar-refractivity contribution >= 4 is 51.4 Å². The van der Waals surface area contributed by atoms with E-state index in [0.29, 0.717) is 33.1 Å².